The molecule has 0 aliphatic carbocycles. The van der Waals surface area contributed by atoms with Crippen LogP contribution in [0, 0.1) is 0 Å². The molecule has 1 heterocycles. The minimum Gasteiger partial charge on any atom is -0.517 e. The first-order chi connectivity index (χ1) is 2.43. The molecule has 2 nitrogen and oxygen atoms in total. The van der Waals surface area contributed by atoms with Crippen molar-refractivity contribution in [2.75, 3.05) is 0 Å². The van der Waals surface area contributed by atoms with Crippen LogP contribution in [0.15, 0.2) is 0 Å². The van der Waals surface area contributed by atoms with Crippen LogP contribution in [0.5, 0.6) is 0 Å². The van der Waals surface area contributed by atoms with Crippen molar-refractivity contribution >= 4 is 27.5 Å². The van der Waals surface area contributed by atoms with E-state index in [1.165, 1.54) is 24.4 Å². The monoisotopic (exact) mass is 204 g/mol. The topological polar surface area (TPSA) is 22.0 Å². The summed E-state index contributed by atoms with van der Waals surface area (Å²) in [6.45, 7) is 0. The largest absolute Gasteiger partial charge is 0.517 e. The molecule has 0 atom stereocenters. The zero-order valence-corrected chi connectivity index (χ0v) is 6.22. The maximum Gasteiger partial charge on any atom is 0 e. The van der Waals surface area contributed by atoms with Gasteiger partial charge in [-0.3, -0.25) is 0 Å². The van der Waals surface area contributed by atoms with Crippen LogP contribution in [0.25, 0.3) is 0 Å². The van der Waals surface area contributed by atoms with Gasteiger partial charge in [-0.15, -0.1) is 6.41 Å². The summed E-state index contributed by atoms with van der Waals surface area (Å²) in [5.41, 5.74) is 0. The van der Waals surface area contributed by atoms with Gasteiger partial charge in [0.2, 0.25) is 0 Å². The molecule has 0 aromatic carbocycles. The molecule has 0 saturated heterocycles. The summed E-state index contributed by atoms with van der Waals surface area (Å²) in [7, 11) is 2.79. The third kappa shape index (κ3) is 1.90. The van der Waals surface area contributed by atoms with Gasteiger partial charge in [0.15, 0.2) is 0 Å². The Morgan fingerprint density at radius 3 is 2.00 bits per heavy atom. The van der Waals surface area contributed by atoms with Crippen LogP contribution in [-0.4, -0.2) is 9.76 Å². The van der Waals surface area contributed by atoms with Crippen LogP contribution < -0.4 is 0 Å². The molecular weight excluding hydrogens is 202 g/mol. The van der Waals surface area contributed by atoms with Crippen LogP contribution >= 0.6 is 21.1 Å². The van der Waals surface area contributed by atoms with E-state index in [-0.39, 0.29) is 21.1 Å². The molecule has 0 amide bonds. The smallest absolute Gasteiger partial charge is 0 e. The summed E-state index contributed by atoms with van der Waals surface area (Å²) in [4.78, 5) is 9.33. The molecule has 0 N–H and O–H groups in total. The second kappa shape index (κ2) is 2.72. The molecule has 0 aliphatic heterocycles. The van der Waals surface area contributed by atoms with E-state index >= 15 is 0 Å². The van der Waals surface area contributed by atoms with E-state index in [1.807, 2.05) is 0 Å². The van der Waals surface area contributed by atoms with E-state index in [1.54, 1.807) is 6.41 Å². The number of rotatable bonds is 1. The van der Waals surface area contributed by atoms with Gasteiger partial charge in [0.1, 0.15) is 0 Å². The SMILES string of the molecule is O=[C-]n1ss1.[Mo]. The summed E-state index contributed by atoms with van der Waals surface area (Å²) in [6.07, 6.45) is 1.65. The van der Waals surface area contributed by atoms with E-state index in [0.29, 0.717) is 0 Å². The van der Waals surface area contributed by atoms with Crippen molar-refractivity contribution in [1.29, 1.82) is 0 Å². The Bertz CT molecular complexity index is 100. The fraction of sp³-hybridized carbons (Fsp3) is 0. The third-order valence-electron chi connectivity index (χ3n) is 0.224. The Balaban J connectivity index is 0.000000250. The Kier molecular flexibility index (Phi) is 2.99. The van der Waals surface area contributed by atoms with Crippen LogP contribution in [-0.2, 0) is 25.9 Å². The van der Waals surface area contributed by atoms with Crippen LogP contribution in [0.3, 0.4) is 0 Å². The van der Waals surface area contributed by atoms with E-state index in [2.05, 4.69) is 0 Å². The molecule has 0 saturated carbocycles. The first kappa shape index (κ1) is 6.60. The average Bonchev–Trinajstić information content (AvgIpc) is 2.12. The van der Waals surface area contributed by atoms with Crippen molar-refractivity contribution < 1.29 is 25.9 Å². The standard InChI is InChI=1S/CNOS2.Mo/c3-1-2-4-5-2;/q-1;. The number of hydrogen-bond donors (Lipinski definition) is 0. The molecule has 0 bridgehead atoms. The molecule has 0 unspecified atom stereocenters. The van der Waals surface area contributed by atoms with Crippen molar-refractivity contribution in [2.24, 2.45) is 0 Å². The maximum atomic E-state index is 9.33. The van der Waals surface area contributed by atoms with Gasteiger partial charge in [0, 0.05) is 21.1 Å². The van der Waals surface area contributed by atoms with Crippen LogP contribution in [0.2, 0.25) is 0 Å². The molecule has 0 fully saturated rings. The number of hydrogen-bond acceptors (Lipinski definition) is 3. The number of nitrogens with zero attached hydrogens (tertiary/aromatic N) is 1. The van der Waals surface area contributed by atoms with E-state index in [0.717, 1.165) is 0 Å². The fourth-order valence-electron chi connectivity index (χ4n) is 0.0471. The van der Waals surface area contributed by atoms with E-state index in [9.17, 15) is 4.79 Å². The molecule has 0 aliphatic rings. The Morgan fingerprint density at radius 2 is 2.00 bits per heavy atom. The second-order valence-electron chi connectivity index (χ2n) is 0.497. The summed E-state index contributed by atoms with van der Waals surface area (Å²) in [5, 5.41) is 0. The van der Waals surface area contributed by atoms with Gasteiger partial charge >= 0.3 is 0 Å². The summed E-state index contributed by atoms with van der Waals surface area (Å²) >= 11 is 0. The van der Waals surface area contributed by atoms with Crippen molar-refractivity contribution in [1.82, 2.24) is 3.35 Å². The predicted molar refractivity (Wildman–Crippen MR) is 21.3 cm³/mol. The average molecular weight is 202 g/mol. The molecular formula is CMoNOS2-. The molecule has 1 aromatic heterocycles. The molecule has 1 aromatic rings. The van der Waals surface area contributed by atoms with Crippen molar-refractivity contribution in [2.45, 2.75) is 0 Å². The van der Waals surface area contributed by atoms with Gasteiger partial charge in [-0.05, 0) is 21.1 Å². The summed E-state index contributed by atoms with van der Waals surface area (Å²) in [5.74, 6) is 0. The minimum atomic E-state index is 0. The van der Waals surface area contributed by atoms with Gasteiger partial charge in [-0.2, -0.15) is 0 Å². The molecule has 1 rings (SSSR count). The quantitative estimate of drug-likeness (QED) is 0.369. The van der Waals surface area contributed by atoms with Crippen molar-refractivity contribution in [3.63, 3.8) is 0 Å². The van der Waals surface area contributed by atoms with Gasteiger partial charge in [0.25, 0.3) is 0 Å². The molecule has 6 heavy (non-hydrogen) atoms. The van der Waals surface area contributed by atoms with Gasteiger partial charge < -0.3 is 8.14 Å². The first-order valence-electron chi connectivity index (χ1n) is 0.960. The van der Waals surface area contributed by atoms with Gasteiger partial charge in [-0.1, -0.05) is 0 Å². The Labute approximate surface area is 56.7 Å². The first-order valence-corrected chi connectivity index (χ1v) is 3.02. The van der Waals surface area contributed by atoms with Crippen molar-refractivity contribution in [3.05, 3.63) is 0 Å². The van der Waals surface area contributed by atoms with E-state index < -0.39 is 0 Å². The zero-order valence-electron chi connectivity index (χ0n) is 2.58. The normalized spacial score (nSPS) is 7.33. The number of carbonyl (C=O) groups excluding carboxylic acids is 1. The Hall–Kier alpha value is 0.598. The summed E-state index contributed by atoms with van der Waals surface area (Å²) in [6, 6.07) is 0. The van der Waals surface area contributed by atoms with E-state index in [4.69, 9.17) is 0 Å². The summed E-state index contributed by atoms with van der Waals surface area (Å²) < 4.78 is 1.40. The molecule has 0 radical (unpaired) electrons. The third-order valence-corrected chi connectivity index (χ3v) is 1.57. The fourth-order valence-corrected chi connectivity index (χ4v) is 0.424. The zero-order chi connectivity index (χ0) is 3.70. The second-order valence-corrected chi connectivity index (χ2v) is 2.65. The molecule has 34 valence electrons. The van der Waals surface area contributed by atoms with Crippen LogP contribution in [0.4, 0.5) is 0 Å². The molecule has 0 spiro atoms. The molecule has 5 heteroatoms. The van der Waals surface area contributed by atoms with Gasteiger partial charge in [0.05, 0.1) is 0 Å². The van der Waals surface area contributed by atoms with Crippen LogP contribution in [0.1, 0.15) is 0 Å². The maximum absolute atomic E-state index is 9.33. The van der Waals surface area contributed by atoms with Gasteiger partial charge in [-0.25, -0.2) is 0 Å². The Morgan fingerprint density at radius 1 is 1.50 bits per heavy atom. The van der Waals surface area contributed by atoms with Crippen molar-refractivity contribution in [3.8, 4) is 0 Å². The number of aromatic nitrogens is 1. The predicted octanol–water partition coefficient (Wildman–Crippen LogP) is 0.524. The minimum absolute atomic E-state index is 0.